The summed E-state index contributed by atoms with van der Waals surface area (Å²) >= 11 is 0. The molecule has 3 aromatic rings. The molecule has 0 amide bonds. The van der Waals surface area contributed by atoms with Crippen LogP contribution >= 0.6 is 0 Å². The first-order valence-corrected chi connectivity index (χ1v) is 7.33. The van der Waals surface area contributed by atoms with E-state index < -0.39 is 4.92 Å². The molecule has 0 bridgehead atoms. The van der Waals surface area contributed by atoms with Crippen LogP contribution in [0.25, 0.3) is 11.4 Å². The molecule has 0 saturated heterocycles. The summed E-state index contributed by atoms with van der Waals surface area (Å²) in [7, 11) is 3.26. The van der Waals surface area contributed by atoms with Crippen LogP contribution in [-0.2, 0) is 13.6 Å². The van der Waals surface area contributed by atoms with E-state index in [-0.39, 0.29) is 5.82 Å². The molecule has 1 aromatic carbocycles. The highest BCUT2D eigenvalue weighted by Gasteiger charge is 2.21. The molecule has 8 nitrogen and oxygen atoms in total. The van der Waals surface area contributed by atoms with Gasteiger partial charge in [-0.25, -0.2) is 9.55 Å². The quantitative estimate of drug-likeness (QED) is 0.531. The third-order valence-electron chi connectivity index (χ3n) is 3.99. The molecule has 0 radical (unpaired) electrons. The molecule has 24 heavy (non-hydrogen) atoms. The van der Waals surface area contributed by atoms with Crippen LogP contribution in [0.5, 0.6) is 5.75 Å². The summed E-state index contributed by atoms with van der Waals surface area (Å²) in [6.07, 6.45) is 2.94. The predicted molar refractivity (Wildman–Crippen MR) is 87.9 cm³/mol. The Morgan fingerprint density at radius 3 is 2.54 bits per heavy atom. The second-order valence-corrected chi connectivity index (χ2v) is 5.41. The molecular formula is C16H17N5O3. The highest BCUT2D eigenvalue weighted by atomic mass is 16.6. The minimum atomic E-state index is -0.451. The fraction of sp³-hybridized carbons (Fsp3) is 0.250. The molecule has 2 heterocycles. The second-order valence-electron chi connectivity index (χ2n) is 5.41. The molecule has 0 aliphatic carbocycles. The fourth-order valence-corrected chi connectivity index (χ4v) is 2.55. The largest absolute Gasteiger partial charge is 0.497 e. The number of nitro groups is 1. The van der Waals surface area contributed by atoms with Gasteiger partial charge < -0.3 is 14.9 Å². The van der Waals surface area contributed by atoms with Gasteiger partial charge in [-0.1, -0.05) is 12.1 Å². The number of nitrogens with zero attached hydrogens (tertiary/aromatic N) is 5. The van der Waals surface area contributed by atoms with E-state index in [1.54, 1.807) is 20.4 Å². The van der Waals surface area contributed by atoms with Gasteiger partial charge in [0.15, 0.2) is 0 Å². The Labute approximate surface area is 138 Å². The van der Waals surface area contributed by atoms with Crippen LogP contribution in [0.1, 0.15) is 11.3 Å². The van der Waals surface area contributed by atoms with E-state index >= 15 is 0 Å². The summed E-state index contributed by atoms with van der Waals surface area (Å²) in [4.78, 5) is 14.7. The average Bonchev–Trinajstić information content (AvgIpc) is 3.12. The van der Waals surface area contributed by atoms with E-state index in [1.807, 2.05) is 35.9 Å². The zero-order valence-electron chi connectivity index (χ0n) is 13.6. The van der Waals surface area contributed by atoms with Gasteiger partial charge >= 0.3 is 5.82 Å². The number of benzene rings is 1. The number of ether oxygens (including phenoxy) is 1. The number of aromatic nitrogens is 4. The van der Waals surface area contributed by atoms with Crippen LogP contribution < -0.4 is 4.74 Å². The van der Waals surface area contributed by atoms with Crippen molar-refractivity contribution in [2.24, 2.45) is 7.05 Å². The molecule has 0 aliphatic heterocycles. The minimum absolute atomic E-state index is 0.0488. The van der Waals surface area contributed by atoms with Crippen molar-refractivity contribution in [3.63, 3.8) is 0 Å². The van der Waals surface area contributed by atoms with Crippen molar-refractivity contribution in [3.05, 3.63) is 58.0 Å². The molecular weight excluding hydrogens is 310 g/mol. The van der Waals surface area contributed by atoms with Crippen LogP contribution in [0.4, 0.5) is 5.82 Å². The molecule has 0 spiro atoms. The summed E-state index contributed by atoms with van der Waals surface area (Å²) in [5.74, 6) is 1.28. The summed E-state index contributed by atoms with van der Waals surface area (Å²) in [6, 6.07) is 7.75. The van der Waals surface area contributed by atoms with Gasteiger partial charge in [0.1, 0.15) is 11.9 Å². The van der Waals surface area contributed by atoms with Crippen LogP contribution in [0.3, 0.4) is 0 Å². The lowest BCUT2D eigenvalue weighted by molar-refractivity contribution is -0.391. The van der Waals surface area contributed by atoms with E-state index in [9.17, 15) is 10.1 Å². The predicted octanol–water partition coefficient (Wildman–Crippen LogP) is 2.56. The van der Waals surface area contributed by atoms with Crippen molar-refractivity contribution in [2.75, 3.05) is 7.11 Å². The smallest absolute Gasteiger partial charge is 0.342 e. The lowest BCUT2D eigenvalue weighted by Crippen LogP contribution is -2.04. The van der Waals surface area contributed by atoms with E-state index in [2.05, 4.69) is 10.1 Å². The molecule has 124 valence electrons. The second kappa shape index (κ2) is 6.15. The van der Waals surface area contributed by atoms with Crippen LogP contribution in [0.2, 0.25) is 0 Å². The highest BCUT2D eigenvalue weighted by molar-refractivity contribution is 5.59. The Morgan fingerprint density at radius 1 is 1.25 bits per heavy atom. The zero-order valence-corrected chi connectivity index (χ0v) is 13.6. The lowest BCUT2D eigenvalue weighted by Gasteiger charge is -2.06. The summed E-state index contributed by atoms with van der Waals surface area (Å²) < 4.78 is 8.46. The third-order valence-corrected chi connectivity index (χ3v) is 3.99. The van der Waals surface area contributed by atoms with Crippen LogP contribution in [-0.4, -0.2) is 31.4 Å². The maximum absolute atomic E-state index is 11.0. The maximum atomic E-state index is 11.0. The number of methoxy groups -OCH3 is 1. The van der Waals surface area contributed by atoms with Gasteiger partial charge in [0, 0.05) is 5.69 Å². The van der Waals surface area contributed by atoms with Crippen LogP contribution in [0, 0.1) is 17.0 Å². The number of rotatable bonds is 5. The summed E-state index contributed by atoms with van der Waals surface area (Å²) in [6.45, 7) is 2.52. The van der Waals surface area contributed by atoms with Crippen molar-refractivity contribution in [2.45, 2.75) is 13.5 Å². The Morgan fingerprint density at radius 2 is 1.96 bits per heavy atom. The fourth-order valence-electron chi connectivity index (χ4n) is 2.55. The van der Waals surface area contributed by atoms with Crippen molar-refractivity contribution >= 4 is 5.82 Å². The minimum Gasteiger partial charge on any atom is -0.497 e. The Kier molecular flexibility index (Phi) is 4.03. The van der Waals surface area contributed by atoms with Crippen molar-refractivity contribution in [1.29, 1.82) is 0 Å². The first kappa shape index (κ1) is 15.7. The average molecular weight is 327 g/mol. The van der Waals surface area contributed by atoms with Gasteiger partial charge in [0.2, 0.25) is 5.82 Å². The monoisotopic (exact) mass is 327 g/mol. The van der Waals surface area contributed by atoms with E-state index in [1.165, 1.54) is 10.8 Å². The van der Waals surface area contributed by atoms with E-state index in [0.29, 0.717) is 12.4 Å². The molecule has 0 fully saturated rings. The van der Waals surface area contributed by atoms with E-state index in [4.69, 9.17) is 4.74 Å². The molecule has 2 aromatic heterocycles. The molecule has 0 saturated carbocycles. The van der Waals surface area contributed by atoms with Gasteiger partial charge in [-0.2, -0.15) is 5.10 Å². The maximum Gasteiger partial charge on any atom is 0.342 e. The summed E-state index contributed by atoms with van der Waals surface area (Å²) in [5.41, 5.74) is 2.76. The van der Waals surface area contributed by atoms with Gasteiger partial charge in [-0.3, -0.25) is 4.68 Å². The highest BCUT2D eigenvalue weighted by Crippen LogP contribution is 2.25. The third kappa shape index (κ3) is 2.73. The van der Waals surface area contributed by atoms with Crippen LogP contribution in [0.15, 0.2) is 36.7 Å². The first-order chi connectivity index (χ1) is 11.5. The normalized spacial score (nSPS) is 10.8. The van der Waals surface area contributed by atoms with Gasteiger partial charge in [0.25, 0.3) is 0 Å². The van der Waals surface area contributed by atoms with Crippen molar-refractivity contribution in [1.82, 2.24) is 19.3 Å². The Balaban J connectivity index is 1.89. The molecule has 8 heteroatoms. The van der Waals surface area contributed by atoms with Gasteiger partial charge in [-0.05, 0) is 29.5 Å². The lowest BCUT2D eigenvalue weighted by atomic mass is 10.2. The molecule has 0 N–H and O–H groups in total. The molecule has 0 atom stereocenters. The number of hydrogen-bond donors (Lipinski definition) is 0. The van der Waals surface area contributed by atoms with Crippen molar-refractivity contribution in [3.8, 4) is 17.1 Å². The van der Waals surface area contributed by atoms with Gasteiger partial charge in [-0.15, -0.1) is 0 Å². The molecule has 0 unspecified atom stereocenters. The molecule has 3 rings (SSSR count). The number of imidazole rings is 1. The standard InChI is InChI=1S/C16H17N5O3/c1-11-14(16-17-9-15(19(16)2)21(22)23)8-18-20(11)10-12-4-6-13(24-3)7-5-12/h4-9H,10H2,1-3H3. The summed E-state index contributed by atoms with van der Waals surface area (Å²) in [5, 5.41) is 15.4. The van der Waals surface area contributed by atoms with Gasteiger partial charge in [0.05, 0.1) is 32.5 Å². The van der Waals surface area contributed by atoms with E-state index in [0.717, 1.165) is 22.6 Å². The zero-order chi connectivity index (χ0) is 17.3. The van der Waals surface area contributed by atoms with Crippen molar-refractivity contribution < 1.29 is 9.66 Å². The molecule has 0 aliphatic rings. The Bertz CT molecular complexity index is 880. The number of hydrogen-bond acceptors (Lipinski definition) is 5. The topological polar surface area (TPSA) is 88.0 Å². The Hall–Kier alpha value is -3.16. The SMILES string of the molecule is COc1ccc(Cn2ncc(-c3ncc([N+](=O)[O-])n3C)c2C)cc1. The first-order valence-electron chi connectivity index (χ1n) is 7.33.